The van der Waals surface area contributed by atoms with E-state index in [0.717, 1.165) is 18.7 Å². The van der Waals surface area contributed by atoms with Gasteiger partial charge in [-0.25, -0.2) is 10.8 Å². The lowest BCUT2D eigenvalue weighted by atomic mass is 10.1. The smallest absolute Gasteiger partial charge is 0.144 e. The van der Waals surface area contributed by atoms with Crippen molar-refractivity contribution >= 4 is 5.82 Å². The summed E-state index contributed by atoms with van der Waals surface area (Å²) in [6.07, 6.45) is 1.60. The maximum atomic E-state index is 9.17. The molecule has 100 valence electrons. The van der Waals surface area contributed by atoms with E-state index >= 15 is 0 Å². The largest absolute Gasteiger partial charge is 0.394 e. The average Bonchev–Trinajstić information content (AvgIpc) is 2.42. The van der Waals surface area contributed by atoms with Crippen molar-refractivity contribution in [1.29, 1.82) is 0 Å². The molecule has 2 heterocycles. The highest BCUT2D eigenvalue weighted by atomic mass is 16.5. The van der Waals surface area contributed by atoms with E-state index in [9.17, 15) is 0 Å². The van der Waals surface area contributed by atoms with Crippen molar-refractivity contribution in [2.45, 2.75) is 25.6 Å². The van der Waals surface area contributed by atoms with E-state index < -0.39 is 0 Å². The number of aliphatic hydroxyl groups excluding tert-OH is 1. The lowest BCUT2D eigenvalue weighted by Crippen LogP contribution is -2.48. The minimum atomic E-state index is -0.104. The van der Waals surface area contributed by atoms with Crippen LogP contribution >= 0.6 is 0 Å². The highest BCUT2D eigenvalue weighted by Gasteiger charge is 2.26. The van der Waals surface area contributed by atoms with Gasteiger partial charge in [0.15, 0.2) is 0 Å². The number of aliphatic hydroxyl groups is 1. The zero-order valence-electron chi connectivity index (χ0n) is 10.5. The summed E-state index contributed by atoms with van der Waals surface area (Å²) < 4.78 is 5.52. The monoisotopic (exact) mass is 252 g/mol. The lowest BCUT2D eigenvalue weighted by Gasteiger charge is -2.37. The third-order valence-corrected chi connectivity index (χ3v) is 3.24. The SMILES string of the molecule is CC1COC(CO)CN1Cc1cccnc1NN. The van der Waals surface area contributed by atoms with Gasteiger partial charge < -0.3 is 15.3 Å². The van der Waals surface area contributed by atoms with Crippen molar-refractivity contribution in [3.63, 3.8) is 0 Å². The molecule has 1 aromatic rings. The molecule has 18 heavy (non-hydrogen) atoms. The fourth-order valence-electron chi connectivity index (χ4n) is 2.12. The van der Waals surface area contributed by atoms with E-state index in [4.69, 9.17) is 15.7 Å². The maximum absolute atomic E-state index is 9.17. The van der Waals surface area contributed by atoms with E-state index in [1.807, 2.05) is 12.1 Å². The van der Waals surface area contributed by atoms with Gasteiger partial charge in [-0.1, -0.05) is 6.07 Å². The molecule has 1 fully saturated rings. The molecule has 0 spiro atoms. The van der Waals surface area contributed by atoms with Crippen LogP contribution in [0.3, 0.4) is 0 Å². The van der Waals surface area contributed by atoms with Crippen molar-refractivity contribution in [1.82, 2.24) is 9.88 Å². The third-order valence-electron chi connectivity index (χ3n) is 3.24. The van der Waals surface area contributed by atoms with E-state index in [-0.39, 0.29) is 12.7 Å². The normalized spacial score (nSPS) is 25.1. The molecule has 2 unspecified atom stereocenters. The maximum Gasteiger partial charge on any atom is 0.144 e. The fraction of sp³-hybridized carbons (Fsp3) is 0.583. The molecule has 0 aliphatic carbocycles. The van der Waals surface area contributed by atoms with Crippen LogP contribution in [0.4, 0.5) is 5.82 Å². The van der Waals surface area contributed by atoms with Gasteiger partial charge in [-0.3, -0.25) is 4.90 Å². The average molecular weight is 252 g/mol. The number of nitrogens with one attached hydrogen (secondary N) is 1. The molecule has 2 atom stereocenters. The molecule has 2 rings (SSSR count). The topological polar surface area (TPSA) is 83.6 Å². The second-order valence-corrected chi connectivity index (χ2v) is 4.57. The van der Waals surface area contributed by atoms with Gasteiger partial charge in [0.1, 0.15) is 5.82 Å². The number of hydrazine groups is 1. The summed E-state index contributed by atoms with van der Waals surface area (Å²) in [5, 5.41) is 9.17. The molecule has 0 bridgehead atoms. The Bertz CT molecular complexity index is 388. The first-order valence-corrected chi connectivity index (χ1v) is 6.11. The number of morpholine rings is 1. The van der Waals surface area contributed by atoms with Crippen LogP contribution in [0, 0.1) is 0 Å². The van der Waals surface area contributed by atoms with Crippen LogP contribution in [-0.4, -0.2) is 46.9 Å². The molecule has 1 aliphatic heterocycles. The minimum absolute atomic E-state index is 0.0538. The molecule has 6 heteroatoms. The number of anilines is 1. The van der Waals surface area contributed by atoms with Crippen molar-refractivity contribution in [3.05, 3.63) is 23.9 Å². The van der Waals surface area contributed by atoms with Crippen LogP contribution in [0.25, 0.3) is 0 Å². The zero-order valence-corrected chi connectivity index (χ0v) is 10.5. The Morgan fingerprint density at radius 2 is 2.50 bits per heavy atom. The molecule has 0 aromatic carbocycles. The number of ether oxygens (including phenoxy) is 1. The summed E-state index contributed by atoms with van der Waals surface area (Å²) in [6, 6.07) is 4.21. The molecule has 4 N–H and O–H groups in total. The number of nitrogen functional groups attached to an aromatic ring is 1. The fourth-order valence-corrected chi connectivity index (χ4v) is 2.12. The Hall–Kier alpha value is -1.21. The quantitative estimate of drug-likeness (QED) is 0.515. The highest BCUT2D eigenvalue weighted by Crippen LogP contribution is 2.18. The van der Waals surface area contributed by atoms with Crippen LogP contribution in [0.15, 0.2) is 18.3 Å². The van der Waals surface area contributed by atoms with Crippen molar-refractivity contribution < 1.29 is 9.84 Å². The van der Waals surface area contributed by atoms with Gasteiger partial charge in [0, 0.05) is 30.9 Å². The third kappa shape index (κ3) is 2.97. The molecular formula is C12H20N4O2. The van der Waals surface area contributed by atoms with Gasteiger partial charge in [0.2, 0.25) is 0 Å². The van der Waals surface area contributed by atoms with Crippen molar-refractivity contribution in [2.24, 2.45) is 5.84 Å². The second-order valence-electron chi connectivity index (χ2n) is 4.57. The van der Waals surface area contributed by atoms with Gasteiger partial charge in [-0.15, -0.1) is 0 Å². The van der Waals surface area contributed by atoms with Gasteiger partial charge in [0.05, 0.1) is 19.3 Å². The Balaban J connectivity index is 2.07. The first-order chi connectivity index (χ1) is 8.74. The molecule has 0 amide bonds. The molecular weight excluding hydrogens is 232 g/mol. The van der Waals surface area contributed by atoms with E-state index in [1.165, 1.54) is 0 Å². The summed E-state index contributed by atoms with van der Waals surface area (Å²) in [6.45, 7) is 4.26. The molecule has 6 nitrogen and oxygen atoms in total. The summed E-state index contributed by atoms with van der Waals surface area (Å²) in [4.78, 5) is 6.45. The summed E-state index contributed by atoms with van der Waals surface area (Å²) in [7, 11) is 0. The lowest BCUT2D eigenvalue weighted by molar-refractivity contribution is -0.0805. The van der Waals surface area contributed by atoms with E-state index in [1.54, 1.807) is 6.20 Å². The Labute approximate surface area is 107 Å². The van der Waals surface area contributed by atoms with Crippen LogP contribution in [0.2, 0.25) is 0 Å². The number of rotatable bonds is 4. The van der Waals surface area contributed by atoms with Gasteiger partial charge in [-0.2, -0.15) is 0 Å². The number of nitrogens with zero attached hydrogens (tertiary/aromatic N) is 2. The molecule has 0 radical (unpaired) electrons. The van der Waals surface area contributed by atoms with Crippen LogP contribution < -0.4 is 11.3 Å². The van der Waals surface area contributed by atoms with Crippen LogP contribution in [-0.2, 0) is 11.3 Å². The van der Waals surface area contributed by atoms with Crippen LogP contribution in [0.5, 0.6) is 0 Å². The summed E-state index contributed by atoms with van der Waals surface area (Å²) >= 11 is 0. The first kappa shape index (κ1) is 13.2. The minimum Gasteiger partial charge on any atom is -0.394 e. The van der Waals surface area contributed by atoms with Crippen molar-refractivity contribution in [3.8, 4) is 0 Å². The predicted octanol–water partition coefficient (Wildman–Crippen LogP) is -0.0512. The Morgan fingerprint density at radius 3 is 3.22 bits per heavy atom. The van der Waals surface area contributed by atoms with Gasteiger partial charge in [-0.05, 0) is 13.0 Å². The zero-order chi connectivity index (χ0) is 13.0. The summed E-state index contributed by atoms with van der Waals surface area (Å²) in [5.74, 6) is 6.14. The number of hydrogen-bond acceptors (Lipinski definition) is 6. The van der Waals surface area contributed by atoms with Gasteiger partial charge in [0.25, 0.3) is 0 Å². The summed E-state index contributed by atoms with van der Waals surface area (Å²) in [5.41, 5.74) is 3.65. The Morgan fingerprint density at radius 1 is 1.67 bits per heavy atom. The number of pyridine rings is 1. The molecule has 1 saturated heterocycles. The van der Waals surface area contributed by atoms with Crippen LogP contribution in [0.1, 0.15) is 12.5 Å². The molecule has 1 aromatic heterocycles. The van der Waals surface area contributed by atoms with E-state index in [0.29, 0.717) is 18.5 Å². The van der Waals surface area contributed by atoms with Crippen molar-refractivity contribution in [2.75, 3.05) is 25.2 Å². The number of aromatic nitrogens is 1. The number of hydrogen-bond donors (Lipinski definition) is 3. The predicted molar refractivity (Wildman–Crippen MR) is 68.7 cm³/mol. The molecule has 0 saturated carbocycles. The first-order valence-electron chi connectivity index (χ1n) is 6.11. The standard InChI is InChI=1S/C12H20N4O2/c1-9-8-18-11(7-17)6-16(9)5-10-3-2-4-14-12(10)15-13/h2-4,9,11,17H,5-8,13H2,1H3,(H,14,15). The van der Waals surface area contributed by atoms with E-state index in [2.05, 4.69) is 22.2 Å². The number of nitrogens with two attached hydrogens (primary N) is 1. The Kier molecular flexibility index (Phi) is 4.48. The molecule has 1 aliphatic rings. The highest BCUT2D eigenvalue weighted by molar-refractivity contribution is 5.42. The second kappa shape index (κ2) is 6.10. The van der Waals surface area contributed by atoms with Gasteiger partial charge >= 0.3 is 0 Å².